The fourth-order valence-corrected chi connectivity index (χ4v) is 0.997. The van der Waals surface area contributed by atoms with Crippen LogP contribution < -0.4 is 0 Å². The van der Waals surface area contributed by atoms with Crippen LogP contribution in [0.4, 0.5) is 0 Å². The Morgan fingerprint density at radius 2 is 1.92 bits per heavy atom. The zero-order chi connectivity index (χ0) is 9.14. The van der Waals surface area contributed by atoms with Crippen LogP contribution in [0.3, 0.4) is 0 Å². The summed E-state index contributed by atoms with van der Waals surface area (Å²) in [6.45, 7) is 1.12. The van der Waals surface area contributed by atoms with Crippen LogP contribution >= 0.6 is 0 Å². The van der Waals surface area contributed by atoms with Gasteiger partial charge in [-0.2, -0.15) is 0 Å². The van der Waals surface area contributed by atoms with Crippen LogP contribution in [0.2, 0.25) is 0 Å². The van der Waals surface area contributed by atoms with E-state index in [2.05, 4.69) is 4.98 Å². The van der Waals surface area contributed by atoms with Gasteiger partial charge < -0.3 is 15.3 Å². The van der Waals surface area contributed by atoms with Crippen molar-refractivity contribution in [2.45, 2.75) is 20.1 Å². The molecule has 0 amide bonds. The number of aromatic nitrogens is 1. The fourth-order valence-electron chi connectivity index (χ4n) is 0.997. The predicted octanol–water partition coefficient (Wildman–Crippen LogP) is -0.836. The molecule has 4 nitrogen and oxygen atoms in total. The van der Waals surface area contributed by atoms with E-state index in [1.807, 2.05) is 0 Å². The van der Waals surface area contributed by atoms with Crippen LogP contribution in [0.25, 0.3) is 0 Å². The predicted molar refractivity (Wildman–Crippen MR) is 51.0 cm³/mol. The molecule has 0 aliphatic heterocycles. The summed E-state index contributed by atoms with van der Waals surface area (Å²) in [5.74, 6) is -0.0379. The molecule has 3 N–H and O–H groups in total. The summed E-state index contributed by atoms with van der Waals surface area (Å²) in [4.78, 5) is 3.84. The van der Waals surface area contributed by atoms with Crippen LogP contribution in [0, 0.1) is 6.92 Å². The van der Waals surface area contributed by atoms with Crippen LogP contribution in [-0.2, 0) is 13.2 Å². The minimum atomic E-state index is -0.287. The first-order valence-corrected chi connectivity index (χ1v) is 3.58. The third-order valence-corrected chi connectivity index (χ3v) is 1.76. The van der Waals surface area contributed by atoms with Gasteiger partial charge in [0.2, 0.25) is 0 Å². The maximum atomic E-state index is 9.38. The molecule has 0 saturated heterocycles. The molecule has 1 rings (SSSR count). The quantitative estimate of drug-likeness (QED) is 0.558. The van der Waals surface area contributed by atoms with E-state index in [9.17, 15) is 5.11 Å². The molecule has 0 fully saturated rings. The first-order valence-electron chi connectivity index (χ1n) is 3.58. The summed E-state index contributed by atoms with van der Waals surface area (Å²) in [5, 5.41) is 27.0. The molecule has 1 heterocycles. The van der Waals surface area contributed by atoms with Gasteiger partial charge in [-0.15, -0.1) is 0 Å². The Bertz CT molecular complexity index is 291. The number of pyridine rings is 1. The topological polar surface area (TPSA) is 73.6 Å². The number of aliphatic hydroxyl groups excluding tert-OH is 2. The third-order valence-electron chi connectivity index (χ3n) is 1.76. The Kier molecular flexibility index (Phi) is 5.83. The first-order chi connectivity index (χ1) is 5.70. The average Bonchev–Trinajstić information content (AvgIpc) is 2.09. The van der Waals surface area contributed by atoms with Crippen molar-refractivity contribution in [1.29, 1.82) is 0 Å². The molecule has 0 aliphatic carbocycles. The average molecular weight is 211 g/mol. The molecule has 13 heavy (non-hydrogen) atoms. The molecule has 0 aromatic carbocycles. The van der Waals surface area contributed by atoms with E-state index >= 15 is 0 Å². The molecule has 0 saturated carbocycles. The fraction of sp³-hybridized carbons (Fsp3) is 0.375. The van der Waals surface area contributed by atoms with Gasteiger partial charge in [-0.1, -0.05) is 0 Å². The van der Waals surface area contributed by atoms with E-state index in [0.29, 0.717) is 16.8 Å². The molecule has 0 bridgehead atoms. The minimum absolute atomic E-state index is 0. The van der Waals surface area contributed by atoms with Gasteiger partial charge in [0.05, 0.1) is 18.9 Å². The van der Waals surface area contributed by atoms with Gasteiger partial charge in [0.1, 0.15) is 5.75 Å². The maximum absolute atomic E-state index is 9.38. The molecule has 0 spiro atoms. The molecule has 5 heteroatoms. The summed E-state index contributed by atoms with van der Waals surface area (Å²) in [6, 6.07) is 0. The van der Waals surface area contributed by atoms with Gasteiger partial charge in [0.15, 0.2) is 0 Å². The van der Waals surface area contributed by atoms with Crippen LogP contribution in [0.15, 0.2) is 6.20 Å². The summed E-state index contributed by atoms with van der Waals surface area (Å²) in [6.07, 6.45) is 1.45. The second-order valence-corrected chi connectivity index (χ2v) is 2.51. The van der Waals surface area contributed by atoms with Crippen molar-refractivity contribution in [2.75, 3.05) is 0 Å². The van der Waals surface area contributed by atoms with Gasteiger partial charge >= 0.3 is 37.7 Å². The van der Waals surface area contributed by atoms with Crippen molar-refractivity contribution in [2.24, 2.45) is 0 Å². The molecular formula is C8H13CaNO3. The standard InChI is InChI=1S/C8H11NO3.Ca.2H/c1-5-8(12)7(4-11)6(3-10)2-9-5;;;/h2,10-12H,3-4H2,1H3;;;. The number of hydrogen-bond acceptors (Lipinski definition) is 4. The van der Waals surface area contributed by atoms with Crippen molar-refractivity contribution in [1.82, 2.24) is 4.98 Å². The normalized spacial score (nSPS) is 9.46. The van der Waals surface area contributed by atoms with Crippen molar-refractivity contribution >= 4 is 37.7 Å². The Morgan fingerprint density at radius 1 is 1.31 bits per heavy atom. The number of aliphatic hydroxyl groups is 2. The Labute approximate surface area is 106 Å². The molecule has 0 aliphatic rings. The van der Waals surface area contributed by atoms with E-state index < -0.39 is 0 Å². The van der Waals surface area contributed by atoms with Crippen LogP contribution in [0.5, 0.6) is 5.75 Å². The van der Waals surface area contributed by atoms with E-state index in [-0.39, 0.29) is 56.7 Å². The van der Waals surface area contributed by atoms with Gasteiger partial charge in [0.25, 0.3) is 0 Å². The van der Waals surface area contributed by atoms with Crippen LogP contribution in [0.1, 0.15) is 16.8 Å². The number of aromatic hydroxyl groups is 1. The number of hydrogen-bond donors (Lipinski definition) is 3. The summed E-state index contributed by atoms with van der Waals surface area (Å²) >= 11 is 0. The van der Waals surface area contributed by atoms with Crippen molar-refractivity contribution in [3.8, 4) is 5.75 Å². The molecule has 0 unspecified atom stereocenters. The second-order valence-electron chi connectivity index (χ2n) is 2.51. The van der Waals surface area contributed by atoms with Gasteiger partial charge in [-0.05, 0) is 6.92 Å². The Hall–Kier alpha value is 0.130. The Morgan fingerprint density at radius 3 is 2.38 bits per heavy atom. The zero-order valence-electron chi connectivity index (χ0n) is 6.78. The summed E-state index contributed by atoms with van der Waals surface area (Å²) in [5.41, 5.74) is 1.27. The molecular weight excluding hydrogens is 198 g/mol. The zero-order valence-corrected chi connectivity index (χ0v) is 6.78. The van der Waals surface area contributed by atoms with Gasteiger partial charge in [-0.3, -0.25) is 4.98 Å². The SMILES string of the molecule is Cc1ncc(CO)c(CO)c1O.[CaH2]. The van der Waals surface area contributed by atoms with E-state index in [1.54, 1.807) is 6.92 Å². The van der Waals surface area contributed by atoms with Crippen molar-refractivity contribution in [3.05, 3.63) is 23.0 Å². The number of nitrogens with zero attached hydrogens (tertiary/aromatic N) is 1. The van der Waals surface area contributed by atoms with E-state index in [4.69, 9.17) is 10.2 Å². The third kappa shape index (κ3) is 2.79. The monoisotopic (exact) mass is 211 g/mol. The first kappa shape index (κ1) is 13.1. The summed E-state index contributed by atoms with van der Waals surface area (Å²) < 4.78 is 0. The van der Waals surface area contributed by atoms with Crippen molar-refractivity contribution < 1.29 is 15.3 Å². The summed E-state index contributed by atoms with van der Waals surface area (Å²) in [7, 11) is 0. The number of aryl methyl sites for hydroxylation is 1. The van der Waals surface area contributed by atoms with Crippen molar-refractivity contribution in [3.63, 3.8) is 0 Å². The molecule has 0 radical (unpaired) electrons. The molecule has 0 atom stereocenters. The number of rotatable bonds is 2. The van der Waals surface area contributed by atoms with Crippen LogP contribution in [-0.4, -0.2) is 58.0 Å². The van der Waals surface area contributed by atoms with Gasteiger partial charge in [0, 0.05) is 17.3 Å². The van der Waals surface area contributed by atoms with E-state index in [1.165, 1.54) is 6.20 Å². The van der Waals surface area contributed by atoms with E-state index in [0.717, 1.165) is 0 Å². The Balaban J connectivity index is 0.00000144. The van der Waals surface area contributed by atoms with Gasteiger partial charge in [-0.25, -0.2) is 0 Å². The molecule has 70 valence electrons. The molecule has 1 aromatic rings. The molecule has 1 aromatic heterocycles. The second kappa shape index (κ2) is 5.78.